The van der Waals surface area contributed by atoms with Crippen molar-refractivity contribution in [2.75, 3.05) is 5.32 Å². The third-order valence-electron chi connectivity index (χ3n) is 4.49. The van der Waals surface area contributed by atoms with E-state index in [1.165, 1.54) is 11.3 Å². The normalized spacial score (nSPS) is 15.0. The van der Waals surface area contributed by atoms with Gasteiger partial charge in [-0.15, -0.1) is 11.3 Å². The van der Waals surface area contributed by atoms with Gasteiger partial charge in [0.05, 0.1) is 16.7 Å². The molecule has 1 unspecified atom stereocenters. The summed E-state index contributed by atoms with van der Waals surface area (Å²) in [6, 6.07) is 7.51. The molecule has 1 aromatic carbocycles. The van der Waals surface area contributed by atoms with Crippen LogP contribution in [0.5, 0.6) is 0 Å². The molecule has 138 valence electrons. The molecule has 0 aliphatic heterocycles. The van der Waals surface area contributed by atoms with Crippen LogP contribution in [0, 0.1) is 12.8 Å². The molecule has 1 aliphatic rings. The average molecular weight is 372 g/mol. The van der Waals surface area contributed by atoms with E-state index >= 15 is 0 Å². The highest BCUT2D eigenvalue weighted by atomic mass is 32.1. The van der Waals surface area contributed by atoms with E-state index in [2.05, 4.69) is 29.5 Å². The van der Waals surface area contributed by atoms with Crippen molar-refractivity contribution in [3.8, 4) is 0 Å². The van der Waals surface area contributed by atoms with Gasteiger partial charge in [0.15, 0.2) is 0 Å². The second kappa shape index (κ2) is 7.58. The Labute approximate surface area is 158 Å². The van der Waals surface area contributed by atoms with E-state index in [0.29, 0.717) is 10.8 Å². The first-order valence-corrected chi connectivity index (χ1v) is 9.85. The van der Waals surface area contributed by atoms with E-state index in [-0.39, 0.29) is 23.8 Å². The second-order valence-corrected chi connectivity index (χ2v) is 8.23. The number of amides is 2. The van der Waals surface area contributed by atoms with Gasteiger partial charge in [0, 0.05) is 17.5 Å². The Balaban J connectivity index is 1.62. The summed E-state index contributed by atoms with van der Waals surface area (Å²) in [4.78, 5) is 29.5. The minimum atomic E-state index is -0.125. The van der Waals surface area contributed by atoms with Gasteiger partial charge < -0.3 is 10.6 Å². The molecule has 1 heterocycles. The lowest BCUT2D eigenvalue weighted by molar-refractivity contribution is -0.117. The average Bonchev–Trinajstić information content (AvgIpc) is 3.37. The van der Waals surface area contributed by atoms with E-state index in [0.717, 1.165) is 34.8 Å². The first kappa shape index (κ1) is 18.6. The maximum Gasteiger partial charge on any atom is 0.263 e. The van der Waals surface area contributed by atoms with Gasteiger partial charge in [0.25, 0.3) is 5.91 Å². The SMILES string of the molecule is Cc1nc(C(C)C)sc1C(=O)NC(C)c1ccc(NC(=O)C2CC2)cc1. The van der Waals surface area contributed by atoms with Gasteiger partial charge in [0.2, 0.25) is 5.91 Å². The van der Waals surface area contributed by atoms with E-state index in [9.17, 15) is 9.59 Å². The molecular weight excluding hydrogens is 346 g/mol. The fourth-order valence-corrected chi connectivity index (χ4v) is 3.64. The van der Waals surface area contributed by atoms with Gasteiger partial charge in [-0.3, -0.25) is 9.59 Å². The lowest BCUT2D eigenvalue weighted by Gasteiger charge is -2.14. The predicted octanol–water partition coefficient (Wildman–Crippen LogP) is 4.41. The van der Waals surface area contributed by atoms with Crippen molar-refractivity contribution in [2.45, 2.75) is 52.5 Å². The maximum atomic E-state index is 12.6. The standard InChI is InChI=1S/C20H25N3O2S/c1-11(2)20-22-13(4)17(26-20)19(25)21-12(3)14-7-9-16(10-8-14)23-18(24)15-5-6-15/h7-12,15H,5-6H2,1-4H3,(H,21,25)(H,23,24). The molecule has 1 aliphatic carbocycles. The van der Waals surface area contributed by atoms with Gasteiger partial charge in [-0.1, -0.05) is 26.0 Å². The molecule has 1 aromatic heterocycles. The molecule has 0 saturated heterocycles. The number of thiazole rings is 1. The van der Waals surface area contributed by atoms with Crippen molar-refractivity contribution in [3.63, 3.8) is 0 Å². The number of hydrogen-bond donors (Lipinski definition) is 2. The summed E-state index contributed by atoms with van der Waals surface area (Å²) in [6.45, 7) is 7.98. The molecular formula is C20H25N3O2S. The van der Waals surface area contributed by atoms with Crippen molar-refractivity contribution in [1.29, 1.82) is 0 Å². The van der Waals surface area contributed by atoms with E-state index in [1.54, 1.807) is 0 Å². The summed E-state index contributed by atoms with van der Waals surface area (Å²) >= 11 is 1.46. The highest BCUT2D eigenvalue weighted by molar-refractivity contribution is 7.13. The van der Waals surface area contributed by atoms with Gasteiger partial charge in [-0.05, 0) is 44.4 Å². The first-order chi connectivity index (χ1) is 12.3. The van der Waals surface area contributed by atoms with Crippen molar-refractivity contribution in [3.05, 3.63) is 45.4 Å². The predicted molar refractivity (Wildman–Crippen MR) is 105 cm³/mol. The smallest absolute Gasteiger partial charge is 0.263 e. The van der Waals surface area contributed by atoms with Crippen LogP contribution in [-0.4, -0.2) is 16.8 Å². The van der Waals surface area contributed by atoms with Crippen LogP contribution in [0.15, 0.2) is 24.3 Å². The molecule has 2 aromatic rings. The zero-order valence-electron chi connectivity index (χ0n) is 15.6. The molecule has 3 rings (SSSR count). The van der Waals surface area contributed by atoms with E-state index in [1.807, 2.05) is 38.1 Å². The quantitative estimate of drug-likeness (QED) is 0.790. The largest absolute Gasteiger partial charge is 0.345 e. The van der Waals surface area contributed by atoms with Crippen LogP contribution in [0.2, 0.25) is 0 Å². The molecule has 0 spiro atoms. The van der Waals surface area contributed by atoms with Crippen LogP contribution in [0.4, 0.5) is 5.69 Å². The number of hydrogen-bond acceptors (Lipinski definition) is 4. The number of anilines is 1. The Morgan fingerprint density at radius 2 is 1.81 bits per heavy atom. The van der Waals surface area contributed by atoms with Crippen LogP contribution in [0.1, 0.15) is 71.5 Å². The third-order valence-corrected chi connectivity index (χ3v) is 5.94. The number of aryl methyl sites for hydroxylation is 1. The topological polar surface area (TPSA) is 71.1 Å². The number of benzene rings is 1. The van der Waals surface area contributed by atoms with Crippen molar-refractivity contribution >= 4 is 28.8 Å². The van der Waals surface area contributed by atoms with Crippen molar-refractivity contribution < 1.29 is 9.59 Å². The fourth-order valence-electron chi connectivity index (χ4n) is 2.67. The van der Waals surface area contributed by atoms with Gasteiger partial charge in [-0.25, -0.2) is 4.98 Å². The molecule has 0 bridgehead atoms. The summed E-state index contributed by atoms with van der Waals surface area (Å²) < 4.78 is 0. The maximum absolute atomic E-state index is 12.6. The number of nitrogens with one attached hydrogen (secondary N) is 2. The van der Waals surface area contributed by atoms with Crippen LogP contribution in [0.25, 0.3) is 0 Å². The summed E-state index contributed by atoms with van der Waals surface area (Å²) in [5.74, 6) is 0.508. The Morgan fingerprint density at radius 1 is 1.15 bits per heavy atom. The van der Waals surface area contributed by atoms with Crippen molar-refractivity contribution in [1.82, 2.24) is 10.3 Å². The van der Waals surface area contributed by atoms with Gasteiger partial charge >= 0.3 is 0 Å². The monoisotopic (exact) mass is 371 g/mol. The molecule has 0 radical (unpaired) electrons. The Morgan fingerprint density at radius 3 is 2.35 bits per heavy atom. The molecule has 1 fully saturated rings. The Bertz CT molecular complexity index is 807. The highest BCUT2D eigenvalue weighted by Crippen LogP contribution is 2.30. The minimum Gasteiger partial charge on any atom is -0.345 e. The lowest BCUT2D eigenvalue weighted by atomic mass is 10.1. The number of aromatic nitrogens is 1. The summed E-state index contributed by atoms with van der Waals surface area (Å²) in [5, 5.41) is 6.95. The van der Waals surface area contributed by atoms with E-state index < -0.39 is 0 Å². The first-order valence-electron chi connectivity index (χ1n) is 9.04. The zero-order chi connectivity index (χ0) is 18.8. The summed E-state index contributed by atoms with van der Waals surface area (Å²) in [6.07, 6.45) is 1.98. The molecule has 2 amide bonds. The second-order valence-electron chi connectivity index (χ2n) is 7.20. The minimum absolute atomic E-state index is 0.0921. The summed E-state index contributed by atoms with van der Waals surface area (Å²) in [7, 11) is 0. The molecule has 1 atom stereocenters. The van der Waals surface area contributed by atoms with Crippen LogP contribution in [-0.2, 0) is 4.79 Å². The Hall–Kier alpha value is -2.21. The highest BCUT2D eigenvalue weighted by Gasteiger charge is 2.29. The number of nitrogens with zero attached hydrogens (tertiary/aromatic N) is 1. The fraction of sp³-hybridized carbons (Fsp3) is 0.450. The van der Waals surface area contributed by atoms with E-state index in [4.69, 9.17) is 0 Å². The number of carbonyl (C=O) groups excluding carboxylic acids is 2. The zero-order valence-corrected chi connectivity index (χ0v) is 16.4. The lowest BCUT2D eigenvalue weighted by Crippen LogP contribution is -2.26. The van der Waals surface area contributed by atoms with Gasteiger partial charge in [0.1, 0.15) is 4.88 Å². The van der Waals surface area contributed by atoms with Crippen LogP contribution < -0.4 is 10.6 Å². The summed E-state index contributed by atoms with van der Waals surface area (Å²) in [5.41, 5.74) is 2.57. The van der Waals surface area contributed by atoms with Gasteiger partial charge in [-0.2, -0.15) is 0 Å². The molecule has 1 saturated carbocycles. The molecule has 6 heteroatoms. The van der Waals surface area contributed by atoms with Crippen LogP contribution in [0.3, 0.4) is 0 Å². The number of carbonyl (C=O) groups is 2. The van der Waals surface area contributed by atoms with Crippen molar-refractivity contribution in [2.24, 2.45) is 5.92 Å². The molecule has 26 heavy (non-hydrogen) atoms. The molecule has 2 N–H and O–H groups in total. The molecule has 5 nitrogen and oxygen atoms in total. The number of rotatable bonds is 6. The Kier molecular flexibility index (Phi) is 5.41. The third kappa shape index (κ3) is 4.30. The van der Waals surface area contributed by atoms with Crippen LogP contribution >= 0.6 is 11.3 Å².